The molecule has 0 radical (unpaired) electrons. The van der Waals surface area contributed by atoms with E-state index in [0.29, 0.717) is 17.7 Å². The van der Waals surface area contributed by atoms with Gasteiger partial charge in [0.25, 0.3) is 0 Å². The third-order valence-electron chi connectivity index (χ3n) is 2.85. The smallest absolute Gasteiger partial charge is 0.186 e. The Hall–Kier alpha value is -1.72. The van der Waals surface area contributed by atoms with Crippen LogP contribution >= 0.6 is 0 Å². The highest BCUT2D eigenvalue weighted by Crippen LogP contribution is 2.28. The fraction of sp³-hybridized carbons (Fsp3) is 0.583. The van der Waals surface area contributed by atoms with E-state index in [9.17, 15) is 4.39 Å². The van der Waals surface area contributed by atoms with E-state index in [4.69, 9.17) is 5.73 Å². The maximum absolute atomic E-state index is 12.9. The first-order chi connectivity index (χ1) is 8.41. The van der Waals surface area contributed by atoms with Crippen molar-refractivity contribution < 1.29 is 4.39 Å². The average Bonchev–Trinajstić information content (AvgIpc) is 2.28. The number of nitrogens with zero attached hydrogens (tertiary/aromatic N) is 3. The molecule has 0 aromatic carbocycles. The van der Waals surface area contributed by atoms with Crippen molar-refractivity contribution in [1.29, 1.82) is 0 Å². The Balaban J connectivity index is 2.89. The van der Waals surface area contributed by atoms with Crippen LogP contribution < -0.4 is 11.1 Å². The summed E-state index contributed by atoms with van der Waals surface area (Å²) in [4.78, 5) is 11.6. The van der Waals surface area contributed by atoms with Crippen molar-refractivity contribution in [2.75, 3.05) is 17.6 Å². The Labute approximate surface area is 107 Å². The third kappa shape index (κ3) is 3.94. The van der Waals surface area contributed by atoms with Crippen molar-refractivity contribution >= 4 is 23.3 Å². The zero-order valence-corrected chi connectivity index (χ0v) is 11.2. The molecule has 5 nitrogen and oxygen atoms in total. The van der Waals surface area contributed by atoms with Crippen LogP contribution in [0.2, 0.25) is 0 Å². The molecular weight excluding hydrogens is 233 g/mol. The summed E-state index contributed by atoms with van der Waals surface area (Å²) < 4.78 is 12.9. The number of nitrogens with two attached hydrogens (primary N) is 1. The van der Waals surface area contributed by atoms with Gasteiger partial charge in [0.2, 0.25) is 0 Å². The highest BCUT2D eigenvalue weighted by atomic mass is 19.1. The molecule has 0 fully saturated rings. The zero-order chi connectivity index (χ0) is 13.7. The average molecular weight is 253 g/mol. The minimum atomic E-state index is -0.573. The molecule has 0 bridgehead atoms. The van der Waals surface area contributed by atoms with Gasteiger partial charge in [-0.3, -0.25) is 0 Å². The summed E-state index contributed by atoms with van der Waals surface area (Å²) in [5.41, 5.74) is 5.93. The zero-order valence-electron chi connectivity index (χ0n) is 11.2. The molecule has 0 amide bonds. The van der Waals surface area contributed by atoms with Gasteiger partial charge in [-0.25, -0.2) is 15.0 Å². The molecule has 0 aliphatic heterocycles. The maximum Gasteiger partial charge on any atom is 0.186 e. The van der Waals surface area contributed by atoms with Crippen molar-refractivity contribution in [1.82, 2.24) is 9.97 Å². The fourth-order valence-electron chi connectivity index (χ4n) is 1.28. The Kier molecular flexibility index (Phi) is 5.00. The third-order valence-corrected chi connectivity index (χ3v) is 2.85. The Morgan fingerprint density at radius 3 is 2.67 bits per heavy atom. The molecule has 1 aromatic heterocycles. The first-order valence-corrected chi connectivity index (χ1v) is 5.97. The van der Waals surface area contributed by atoms with Crippen LogP contribution in [0.5, 0.6) is 0 Å². The van der Waals surface area contributed by atoms with E-state index in [1.54, 1.807) is 0 Å². The second-order valence-corrected chi connectivity index (χ2v) is 4.67. The summed E-state index contributed by atoms with van der Waals surface area (Å²) >= 11 is 0. The van der Waals surface area contributed by atoms with E-state index in [2.05, 4.69) is 41.0 Å². The van der Waals surface area contributed by atoms with Gasteiger partial charge in [-0.05, 0) is 11.8 Å². The van der Waals surface area contributed by atoms with Crippen LogP contribution in [0.25, 0.3) is 0 Å². The van der Waals surface area contributed by atoms with Gasteiger partial charge in [-0.2, -0.15) is 4.39 Å². The molecule has 0 spiro atoms. The van der Waals surface area contributed by atoms with Gasteiger partial charge in [0.05, 0.1) is 0 Å². The molecule has 0 saturated carbocycles. The van der Waals surface area contributed by atoms with Crippen LogP contribution in [0.15, 0.2) is 11.3 Å². The monoisotopic (exact) mass is 253 g/mol. The van der Waals surface area contributed by atoms with E-state index >= 15 is 0 Å². The molecule has 1 aromatic rings. The van der Waals surface area contributed by atoms with Crippen LogP contribution in [-0.2, 0) is 0 Å². The van der Waals surface area contributed by atoms with Gasteiger partial charge in [-0.15, -0.1) is 0 Å². The van der Waals surface area contributed by atoms with Gasteiger partial charge < -0.3 is 11.1 Å². The van der Waals surface area contributed by atoms with Crippen LogP contribution in [-0.4, -0.2) is 22.5 Å². The van der Waals surface area contributed by atoms with Crippen molar-refractivity contribution in [2.24, 2.45) is 16.8 Å². The van der Waals surface area contributed by atoms with Crippen LogP contribution in [0.1, 0.15) is 27.7 Å². The number of rotatable bonds is 5. The number of aromatic nitrogens is 2. The Bertz CT molecular complexity index is 426. The largest absolute Gasteiger partial charge is 0.382 e. The second kappa shape index (κ2) is 6.28. The molecule has 1 atom stereocenters. The van der Waals surface area contributed by atoms with Crippen molar-refractivity contribution in [2.45, 2.75) is 27.7 Å². The minimum absolute atomic E-state index is 0.168. The number of halogens is 1. The number of hydrogen-bond acceptors (Lipinski definition) is 5. The van der Waals surface area contributed by atoms with Gasteiger partial charge >= 0.3 is 0 Å². The number of aliphatic imine (C=N–C) groups is 1. The lowest BCUT2D eigenvalue weighted by Gasteiger charge is -2.17. The molecule has 0 aliphatic carbocycles. The van der Waals surface area contributed by atoms with E-state index in [-0.39, 0.29) is 11.5 Å². The fourth-order valence-corrected chi connectivity index (χ4v) is 1.28. The molecule has 6 heteroatoms. The first kappa shape index (κ1) is 14.3. The molecule has 0 aliphatic rings. The summed E-state index contributed by atoms with van der Waals surface area (Å²) in [6.07, 6.45) is 1.34. The van der Waals surface area contributed by atoms with E-state index in [1.165, 1.54) is 13.3 Å². The van der Waals surface area contributed by atoms with Crippen molar-refractivity contribution in [3.8, 4) is 0 Å². The van der Waals surface area contributed by atoms with Crippen LogP contribution in [0.3, 0.4) is 0 Å². The Morgan fingerprint density at radius 2 is 2.11 bits per heavy atom. The standard InChI is InChI=1S/C12H20FN5/c1-7(2)8(3)5-15-12-10(18-9(4)13)11(14)16-6-17-12/h6-8H,5H2,1-4H3,(H3,14,15,16,17)/t8-/m0/s1. The highest BCUT2D eigenvalue weighted by molar-refractivity contribution is 5.82. The number of nitrogens with one attached hydrogen (secondary N) is 1. The van der Waals surface area contributed by atoms with Crippen molar-refractivity contribution in [3.63, 3.8) is 0 Å². The quantitative estimate of drug-likeness (QED) is 0.791. The lowest BCUT2D eigenvalue weighted by Crippen LogP contribution is -2.17. The van der Waals surface area contributed by atoms with E-state index in [1.807, 2.05) is 0 Å². The van der Waals surface area contributed by atoms with E-state index < -0.39 is 5.97 Å². The minimum Gasteiger partial charge on any atom is -0.382 e. The summed E-state index contributed by atoms with van der Waals surface area (Å²) in [6, 6.07) is 0. The summed E-state index contributed by atoms with van der Waals surface area (Å²) in [5.74, 6) is 1.07. The molecule has 1 rings (SSSR count). The predicted octanol–water partition coefficient (Wildman–Crippen LogP) is 2.78. The first-order valence-electron chi connectivity index (χ1n) is 5.97. The van der Waals surface area contributed by atoms with Gasteiger partial charge in [0, 0.05) is 13.5 Å². The molecule has 0 unspecified atom stereocenters. The number of hydrogen-bond donors (Lipinski definition) is 2. The maximum atomic E-state index is 12.9. The SMILES string of the molecule is CC(F)=Nc1c(N)ncnc1NC[C@H](C)C(C)C. The number of nitrogen functional groups attached to an aromatic ring is 1. The lowest BCUT2D eigenvalue weighted by atomic mass is 9.98. The highest BCUT2D eigenvalue weighted by Gasteiger charge is 2.11. The van der Waals surface area contributed by atoms with Crippen LogP contribution in [0.4, 0.5) is 21.7 Å². The molecule has 0 saturated heterocycles. The molecule has 3 N–H and O–H groups in total. The van der Waals surface area contributed by atoms with Crippen molar-refractivity contribution in [3.05, 3.63) is 6.33 Å². The van der Waals surface area contributed by atoms with Gasteiger partial charge in [0.1, 0.15) is 6.33 Å². The number of anilines is 2. The Morgan fingerprint density at radius 1 is 1.44 bits per heavy atom. The summed E-state index contributed by atoms with van der Waals surface area (Å²) in [6.45, 7) is 8.40. The molecule has 18 heavy (non-hydrogen) atoms. The summed E-state index contributed by atoms with van der Waals surface area (Å²) in [5, 5.41) is 3.14. The topological polar surface area (TPSA) is 76.2 Å². The van der Waals surface area contributed by atoms with Gasteiger partial charge in [-0.1, -0.05) is 20.8 Å². The van der Waals surface area contributed by atoms with Gasteiger partial charge in [0.15, 0.2) is 23.3 Å². The lowest BCUT2D eigenvalue weighted by molar-refractivity contribution is 0.439. The molecule has 1 heterocycles. The molecule has 100 valence electrons. The van der Waals surface area contributed by atoms with Crippen LogP contribution in [0, 0.1) is 11.8 Å². The summed E-state index contributed by atoms with van der Waals surface area (Å²) in [7, 11) is 0. The normalized spacial score (nSPS) is 13.8. The van der Waals surface area contributed by atoms with E-state index in [0.717, 1.165) is 6.54 Å². The molecular formula is C12H20FN5. The second-order valence-electron chi connectivity index (χ2n) is 4.67. The predicted molar refractivity (Wildman–Crippen MR) is 72.8 cm³/mol.